The van der Waals surface area contributed by atoms with Crippen LogP contribution in [0.15, 0.2) is 67.0 Å². The number of nitrogens with one attached hydrogen (secondary N) is 3. The number of nitrogens with zero attached hydrogens (tertiary/aromatic N) is 3. The third kappa shape index (κ3) is 7.11. The van der Waals surface area contributed by atoms with Gasteiger partial charge in [-0.15, -0.1) is 0 Å². The van der Waals surface area contributed by atoms with Crippen LogP contribution < -0.4 is 20.7 Å². The third-order valence-corrected chi connectivity index (χ3v) is 12.1. The van der Waals surface area contributed by atoms with E-state index in [9.17, 15) is 13.2 Å². The van der Waals surface area contributed by atoms with Crippen molar-refractivity contribution in [2.45, 2.75) is 44.4 Å². The summed E-state index contributed by atoms with van der Waals surface area (Å²) in [6.07, 6.45) is 5.85. The number of aryl methyl sites for hydroxylation is 1. The number of halogens is 2. The molecule has 260 valence electrons. The number of hydrogen-bond donors (Lipinski definition) is 3. The van der Waals surface area contributed by atoms with Crippen molar-refractivity contribution >= 4 is 49.8 Å². The van der Waals surface area contributed by atoms with Gasteiger partial charge in [0.15, 0.2) is 9.84 Å². The first-order valence-corrected chi connectivity index (χ1v) is 19.2. The van der Waals surface area contributed by atoms with Gasteiger partial charge in [0.05, 0.1) is 40.0 Å². The lowest BCUT2D eigenvalue weighted by atomic mass is 9.99. The van der Waals surface area contributed by atoms with Gasteiger partial charge in [0.1, 0.15) is 0 Å². The van der Waals surface area contributed by atoms with E-state index in [1.165, 1.54) is 0 Å². The van der Waals surface area contributed by atoms with Crippen molar-refractivity contribution in [2.75, 3.05) is 25.2 Å². The highest BCUT2D eigenvalue weighted by Crippen LogP contribution is 2.42. The number of sulfone groups is 1. The third-order valence-electron chi connectivity index (χ3n) is 9.54. The van der Waals surface area contributed by atoms with Gasteiger partial charge in [-0.1, -0.05) is 59.6 Å². The van der Waals surface area contributed by atoms with E-state index < -0.39 is 9.84 Å². The summed E-state index contributed by atoms with van der Waals surface area (Å²) >= 11 is 14.2. The number of ether oxygens (including phenoxy) is 1. The highest BCUT2D eigenvalue weighted by atomic mass is 35.5. The van der Waals surface area contributed by atoms with Crippen molar-refractivity contribution in [3.63, 3.8) is 0 Å². The fourth-order valence-corrected chi connectivity index (χ4v) is 9.25. The van der Waals surface area contributed by atoms with E-state index in [0.717, 1.165) is 50.7 Å². The number of amides is 1. The minimum atomic E-state index is -2.95. The minimum absolute atomic E-state index is 0.0242. The number of carbonyl (C=O) groups excluding carboxylic acids is 1. The summed E-state index contributed by atoms with van der Waals surface area (Å²) in [5, 5.41) is 11.9. The molecule has 13 heteroatoms. The molecule has 0 saturated carbocycles. The Bertz CT molecular complexity index is 2210. The number of hydrogen-bond acceptors (Lipinski definition) is 8. The molecule has 5 heterocycles. The summed E-state index contributed by atoms with van der Waals surface area (Å²) in [4.78, 5) is 21.0. The molecule has 50 heavy (non-hydrogen) atoms. The van der Waals surface area contributed by atoms with Gasteiger partial charge in [-0.3, -0.25) is 9.78 Å². The van der Waals surface area contributed by atoms with Gasteiger partial charge in [-0.2, -0.15) is 0 Å². The number of methoxy groups -OCH3 is 1. The normalized spacial score (nSPS) is 18.5. The van der Waals surface area contributed by atoms with E-state index in [1.807, 2.05) is 49.5 Å². The van der Waals surface area contributed by atoms with Crippen LogP contribution in [0.2, 0.25) is 10.0 Å². The van der Waals surface area contributed by atoms with E-state index in [4.69, 9.17) is 32.9 Å². The lowest BCUT2D eigenvalue weighted by molar-refractivity contribution is -0.119. The fraction of sp³-hybridized carbons (Fsp3) is 0.324. The Morgan fingerprint density at radius 1 is 1.00 bits per heavy atom. The maximum atomic E-state index is 11.9. The molecule has 0 spiro atoms. The summed E-state index contributed by atoms with van der Waals surface area (Å²) in [7, 11) is 0.645. The minimum Gasteiger partial charge on any atom is -0.481 e. The zero-order valence-corrected chi connectivity index (χ0v) is 30.1. The van der Waals surface area contributed by atoms with Crippen LogP contribution in [0.1, 0.15) is 30.4 Å². The van der Waals surface area contributed by atoms with Crippen LogP contribution in [-0.4, -0.2) is 66.1 Å². The first-order valence-electron chi connectivity index (χ1n) is 16.6. The monoisotopic (exact) mass is 732 g/mol. The first kappa shape index (κ1) is 34.4. The van der Waals surface area contributed by atoms with Crippen LogP contribution in [-0.2, 0) is 34.8 Å². The number of fused-ring (bicyclic) bond motifs is 1. The smallest absolute Gasteiger partial charge is 0.220 e. The van der Waals surface area contributed by atoms with Crippen LogP contribution in [0.5, 0.6) is 5.88 Å². The van der Waals surface area contributed by atoms with Crippen molar-refractivity contribution in [1.82, 2.24) is 30.5 Å². The summed E-state index contributed by atoms with van der Waals surface area (Å²) in [6.45, 7) is 1.81. The largest absolute Gasteiger partial charge is 0.481 e. The summed E-state index contributed by atoms with van der Waals surface area (Å²) in [5.41, 5.74) is 7.44. The maximum absolute atomic E-state index is 11.9. The molecule has 2 saturated heterocycles. The van der Waals surface area contributed by atoms with Gasteiger partial charge < -0.3 is 25.3 Å². The number of rotatable bonds is 11. The Morgan fingerprint density at radius 3 is 2.58 bits per heavy atom. The molecule has 10 nitrogen and oxygen atoms in total. The van der Waals surface area contributed by atoms with Crippen LogP contribution in [0.3, 0.4) is 0 Å². The topological polar surface area (TPSA) is 127 Å². The van der Waals surface area contributed by atoms with E-state index in [2.05, 4.69) is 43.8 Å². The predicted molar refractivity (Wildman–Crippen MR) is 198 cm³/mol. The molecule has 1 amide bonds. The molecule has 3 aromatic heterocycles. The van der Waals surface area contributed by atoms with Crippen LogP contribution >= 0.6 is 23.2 Å². The van der Waals surface area contributed by atoms with E-state index in [1.54, 1.807) is 13.3 Å². The molecule has 3 N–H and O–H groups in total. The summed E-state index contributed by atoms with van der Waals surface area (Å²) in [6, 6.07) is 17.8. The molecular weight excluding hydrogens is 695 g/mol. The predicted octanol–water partition coefficient (Wildman–Crippen LogP) is 5.93. The van der Waals surface area contributed by atoms with Crippen LogP contribution in [0.25, 0.3) is 44.5 Å². The molecule has 0 radical (unpaired) electrons. The maximum Gasteiger partial charge on any atom is 0.220 e. The van der Waals surface area contributed by atoms with Gasteiger partial charge in [-0.25, -0.2) is 13.4 Å². The Kier molecular flexibility index (Phi) is 9.87. The van der Waals surface area contributed by atoms with Crippen molar-refractivity contribution in [2.24, 2.45) is 7.05 Å². The second-order valence-electron chi connectivity index (χ2n) is 13.0. The Labute approximate surface area is 301 Å². The Balaban J connectivity index is 1.12. The van der Waals surface area contributed by atoms with Gasteiger partial charge in [0, 0.05) is 96.3 Å². The molecule has 0 bridgehead atoms. The molecule has 1 unspecified atom stereocenters. The second-order valence-corrected chi connectivity index (χ2v) is 15.9. The van der Waals surface area contributed by atoms with E-state index >= 15 is 0 Å². The molecule has 7 rings (SSSR count). The molecule has 2 atom stereocenters. The summed E-state index contributed by atoms with van der Waals surface area (Å²) in [5.74, 6) is 1.03. The highest BCUT2D eigenvalue weighted by Gasteiger charge is 2.27. The zero-order valence-electron chi connectivity index (χ0n) is 27.8. The summed E-state index contributed by atoms with van der Waals surface area (Å²) < 4.78 is 31.5. The van der Waals surface area contributed by atoms with Crippen molar-refractivity contribution in [1.29, 1.82) is 0 Å². The Hall–Kier alpha value is -4.00. The number of aromatic nitrogens is 3. The van der Waals surface area contributed by atoms with Gasteiger partial charge in [0.25, 0.3) is 0 Å². The number of benzene rings is 2. The zero-order chi connectivity index (χ0) is 35.0. The van der Waals surface area contributed by atoms with Gasteiger partial charge in [-0.05, 0) is 36.6 Å². The number of carbonyl (C=O) groups is 1. The lowest BCUT2D eigenvalue weighted by Gasteiger charge is -2.15. The Morgan fingerprint density at radius 2 is 1.82 bits per heavy atom. The molecular formula is C37H38Cl2N6O4S. The van der Waals surface area contributed by atoms with Crippen molar-refractivity contribution in [3.05, 3.63) is 88.2 Å². The molecule has 2 aliphatic heterocycles. The lowest BCUT2D eigenvalue weighted by Crippen LogP contribution is -2.35. The van der Waals surface area contributed by atoms with E-state index in [0.29, 0.717) is 59.8 Å². The van der Waals surface area contributed by atoms with Gasteiger partial charge in [0.2, 0.25) is 11.8 Å². The standard InChI is InChI=1S/C37H38Cl2N6O4S/c1-45-20-24(18-42-26-13-15-50(47,48)21-26)27-9-6-22(16-32(27)45)36-35(39)29(12-14-41-36)28-4-3-5-30(34(28)38)31-10-7-23(37(44-31)49-2)17-40-19-25-8-11-33(46)43-25/h3-7,9-10,12,14,16,20,25-26,40,42H,8,11,13,15,17-19,21H2,1-2H3,(H,43,46)/t25-,26?/m0/s1. The van der Waals surface area contributed by atoms with E-state index in [-0.39, 0.29) is 29.5 Å². The highest BCUT2D eigenvalue weighted by molar-refractivity contribution is 7.91. The number of pyridine rings is 2. The second kappa shape index (κ2) is 14.3. The molecule has 2 fully saturated rings. The fourth-order valence-electron chi connectivity index (χ4n) is 6.90. The SMILES string of the molecule is COc1nc(-c2cccc(-c3ccnc(-c4ccc5c(CNC6CCS(=O)(=O)C6)cn(C)c5c4)c3Cl)c2Cl)ccc1CNC[C@@H]1CCC(=O)N1. The first-order chi connectivity index (χ1) is 24.1. The van der Waals surface area contributed by atoms with Crippen molar-refractivity contribution < 1.29 is 17.9 Å². The molecule has 0 aliphatic carbocycles. The van der Waals surface area contributed by atoms with Crippen LogP contribution in [0, 0.1) is 0 Å². The molecule has 5 aromatic rings. The van der Waals surface area contributed by atoms with Crippen molar-refractivity contribution in [3.8, 4) is 39.5 Å². The molecule has 2 aromatic carbocycles. The average Bonchev–Trinajstić information content (AvgIpc) is 3.79. The quantitative estimate of drug-likeness (QED) is 0.153. The molecule has 2 aliphatic rings. The van der Waals surface area contributed by atoms with Crippen LogP contribution in [0.4, 0.5) is 0 Å². The average molecular weight is 734 g/mol. The van der Waals surface area contributed by atoms with Gasteiger partial charge >= 0.3 is 0 Å².